The van der Waals surface area contributed by atoms with Crippen LogP contribution in [0.1, 0.15) is 40.5 Å². The first-order valence-corrected chi connectivity index (χ1v) is 8.41. The maximum Gasteiger partial charge on any atom is 0.0573 e. The zero-order chi connectivity index (χ0) is 15.5. The summed E-state index contributed by atoms with van der Waals surface area (Å²) in [6, 6.07) is 2.21. The molecule has 0 fully saturated rings. The second kappa shape index (κ2) is 10.4. The summed E-state index contributed by atoms with van der Waals surface area (Å²) in [7, 11) is 0. The van der Waals surface area contributed by atoms with Crippen LogP contribution in [0.2, 0.25) is 0 Å². The van der Waals surface area contributed by atoms with Gasteiger partial charge in [0.15, 0.2) is 0 Å². The minimum Gasteiger partial charge on any atom is -0.384 e. The molecular weight excluding hydrogens is 260 g/mol. The van der Waals surface area contributed by atoms with E-state index in [9.17, 15) is 0 Å². The first kappa shape index (κ1) is 17.8. The molecule has 0 atom stereocenters. The lowest BCUT2D eigenvalue weighted by Crippen LogP contribution is -2.30. The molecular formula is C17H32N4. The Hall–Kier alpha value is -1.29. The molecule has 0 saturated carbocycles. The fourth-order valence-corrected chi connectivity index (χ4v) is 2.46. The van der Waals surface area contributed by atoms with Crippen molar-refractivity contribution in [2.75, 3.05) is 49.5 Å². The maximum absolute atomic E-state index is 4.37. The van der Waals surface area contributed by atoms with Gasteiger partial charge in [0.1, 0.15) is 0 Å². The molecule has 0 unspecified atom stereocenters. The van der Waals surface area contributed by atoms with Crippen LogP contribution in [0, 0.1) is 0 Å². The SMILES string of the molecule is CCCNc1cncc(N(CC)CCCN(CC)CC)c1. The zero-order valence-electron chi connectivity index (χ0n) is 14.2. The van der Waals surface area contributed by atoms with E-state index in [2.05, 4.69) is 53.9 Å². The number of nitrogens with one attached hydrogen (secondary N) is 1. The minimum atomic E-state index is 0.999. The Bertz CT molecular complexity index is 377. The summed E-state index contributed by atoms with van der Waals surface area (Å²) in [6.45, 7) is 15.4. The quantitative estimate of drug-likeness (QED) is 0.677. The number of nitrogens with zero attached hydrogens (tertiary/aromatic N) is 3. The molecule has 1 aromatic heterocycles. The summed E-state index contributed by atoms with van der Waals surface area (Å²) in [4.78, 5) is 9.26. The van der Waals surface area contributed by atoms with Gasteiger partial charge >= 0.3 is 0 Å². The molecule has 0 aliphatic carbocycles. The van der Waals surface area contributed by atoms with Crippen molar-refractivity contribution >= 4 is 11.4 Å². The van der Waals surface area contributed by atoms with Crippen LogP contribution in [0.5, 0.6) is 0 Å². The van der Waals surface area contributed by atoms with Gasteiger partial charge in [0.2, 0.25) is 0 Å². The van der Waals surface area contributed by atoms with Gasteiger partial charge in [-0.15, -0.1) is 0 Å². The van der Waals surface area contributed by atoms with E-state index < -0.39 is 0 Å². The highest BCUT2D eigenvalue weighted by molar-refractivity contribution is 5.55. The summed E-state index contributed by atoms with van der Waals surface area (Å²) in [6.07, 6.45) is 6.20. The Kier molecular flexibility index (Phi) is 8.83. The van der Waals surface area contributed by atoms with Crippen LogP contribution in [-0.2, 0) is 0 Å². The van der Waals surface area contributed by atoms with Gasteiger partial charge in [0.05, 0.1) is 23.8 Å². The fraction of sp³-hybridized carbons (Fsp3) is 0.706. The van der Waals surface area contributed by atoms with E-state index in [1.165, 1.54) is 18.7 Å². The van der Waals surface area contributed by atoms with Gasteiger partial charge in [0, 0.05) is 19.6 Å². The third-order valence-corrected chi connectivity index (χ3v) is 3.85. The molecule has 0 amide bonds. The lowest BCUT2D eigenvalue weighted by atomic mass is 10.3. The van der Waals surface area contributed by atoms with Gasteiger partial charge in [0.25, 0.3) is 0 Å². The maximum atomic E-state index is 4.37. The minimum absolute atomic E-state index is 0.999. The number of aromatic nitrogens is 1. The van der Waals surface area contributed by atoms with Crippen LogP contribution in [0.4, 0.5) is 11.4 Å². The van der Waals surface area contributed by atoms with Crippen LogP contribution in [-0.4, -0.2) is 49.2 Å². The van der Waals surface area contributed by atoms with E-state index in [-0.39, 0.29) is 0 Å². The fourth-order valence-electron chi connectivity index (χ4n) is 2.46. The molecule has 0 aromatic carbocycles. The first-order chi connectivity index (χ1) is 10.2. The largest absolute Gasteiger partial charge is 0.384 e. The molecule has 1 N–H and O–H groups in total. The molecule has 4 nitrogen and oxygen atoms in total. The standard InChI is InChI=1S/C17H32N4/c1-5-10-19-16-13-17(15-18-14-16)21(8-4)12-9-11-20(6-2)7-3/h13-15,19H,5-12H2,1-4H3. The summed E-state index contributed by atoms with van der Waals surface area (Å²) < 4.78 is 0. The van der Waals surface area contributed by atoms with Gasteiger partial charge in [-0.05, 0) is 45.5 Å². The topological polar surface area (TPSA) is 31.4 Å². The second-order valence-electron chi connectivity index (χ2n) is 5.32. The molecule has 0 aliphatic rings. The van der Waals surface area contributed by atoms with Crippen molar-refractivity contribution in [3.05, 3.63) is 18.5 Å². The van der Waals surface area contributed by atoms with Crippen molar-refractivity contribution in [3.63, 3.8) is 0 Å². The molecule has 21 heavy (non-hydrogen) atoms. The van der Waals surface area contributed by atoms with E-state index >= 15 is 0 Å². The number of rotatable bonds is 11. The number of hydrogen-bond donors (Lipinski definition) is 1. The van der Waals surface area contributed by atoms with E-state index in [1.54, 1.807) is 0 Å². The average molecular weight is 292 g/mol. The van der Waals surface area contributed by atoms with Gasteiger partial charge in [-0.2, -0.15) is 0 Å². The number of anilines is 2. The molecule has 120 valence electrons. The van der Waals surface area contributed by atoms with Crippen molar-refractivity contribution in [1.29, 1.82) is 0 Å². The molecule has 0 spiro atoms. The molecule has 1 heterocycles. The monoisotopic (exact) mass is 292 g/mol. The predicted octanol–water partition coefficient (Wildman–Crippen LogP) is 3.46. The number of pyridine rings is 1. The molecule has 4 heteroatoms. The second-order valence-corrected chi connectivity index (χ2v) is 5.32. The van der Waals surface area contributed by atoms with Crippen molar-refractivity contribution in [2.45, 2.75) is 40.5 Å². The summed E-state index contributed by atoms with van der Waals surface area (Å²) >= 11 is 0. The van der Waals surface area contributed by atoms with E-state index in [0.717, 1.165) is 44.8 Å². The molecule has 0 bridgehead atoms. The third-order valence-electron chi connectivity index (χ3n) is 3.85. The summed E-state index contributed by atoms with van der Waals surface area (Å²) in [5.41, 5.74) is 2.34. The third kappa shape index (κ3) is 6.34. The Morgan fingerprint density at radius 2 is 1.76 bits per heavy atom. The van der Waals surface area contributed by atoms with Crippen LogP contribution in [0.3, 0.4) is 0 Å². The van der Waals surface area contributed by atoms with Crippen LogP contribution >= 0.6 is 0 Å². The lowest BCUT2D eigenvalue weighted by Gasteiger charge is -2.25. The van der Waals surface area contributed by atoms with Gasteiger partial charge in [-0.25, -0.2) is 0 Å². The molecule has 1 aromatic rings. The Morgan fingerprint density at radius 1 is 1.00 bits per heavy atom. The van der Waals surface area contributed by atoms with Crippen LogP contribution in [0.25, 0.3) is 0 Å². The molecule has 1 rings (SSSR count). The summed E-state index contributed by atoms with van der Waals surface area (Å²) in [5.74, 6) is 0. The Balaban J connectivity index is 2.54. The van der Waals surface area contributed by atoms with Crippen LogP contribution in [0.15, 0.2) is 18.5 Å². The summed E-state index contributed by atoms with van der Waals surface area (Å²) in [5, 5.41) is 3.41. The zero-order valence-corrected chi connectivity index (χ0v) is 14.2. The Morgan fingerprint density at radius 3 is 2.38 bits per heavy atom. The highest BCUT2D eigenvalue weighted by atomic mass is 15.1. The highest BCUT2D eigenvalue weighted by Crippen LogP contribution is 2.18. The highest BCUT2D eigenvalue weighted by Gasteiger charge is 2.07. The average Bonchev–Trinajstić information content (AvgIpc) is 2.53. The predicted molar refractivity (Wildman–Crippen MR) is 93.3 cm³/mol. The molecule has 0 saturated heterocycles. The van der Waals surface area contributed by atoms with Crippen molar-refractivity contribution < 1.29 is 0 Å². The lowest BCUT2D eigenvalue weighted by molar-refractivity contribution is 0.301. The normalized spacial score (nSPS) is 10.9. The molecule has 0 aliphatic heterocycles. The smallest absolute Gasteiger partial charge is 0.0573 e. The van der Waals surface area contributed by atoms with Crippen molar-refractivity contribution in [2.24, 2.45) is 0 Å². The van der Waals surface area contributed by atoms with Crippen molar-refractivity contribution in [1.82, 2.24) is 9.88 Å². The first-order valence-electron chi connectivity index (χ1n) is 8.41. The van der Waals surface area contributed by atoms with E-state index in [1.807, 2.05) is 12.4 Å². The number of hydrogen-bond acceptors (Lipinski definition) is 4. The van der Waals surface area contributed by atoms with Gasteiger partial charge < -0.3 is 15.1 Å². The van der Waals surface area contributed by atoms with Crippen molar-refractivity contribution in [3.8, 4) is 0 Å². The van der Waals surface area contributed by atoms with Gasteiger partial charge in [-0.1, -0.05) is 20.8 Å². The Labute approximate surface area is 130 Å². The van der Waals surface area contributed by atoms with Crippen LogP contribution < -0.4 is 10.2 Å². The van der Waals surface area contributed by atoms with E-state index in [0.29, 0.717) is 0 Å². The van der Waals surface area contributed by atoms with Gasteiger partial charge in [-0.3, -0.25) is 4.98 Å². The molecule has 0 radical (unpaired) electrons. The van der Waals surface area contributed by atoms with E-state index in [4.69, 9.17) is 0 Å².